The maximum absolute atomic E-state index is 13.6. The minimum Gasteiger partial charge on any atom is -0.316 e. The summed E-state index contributed by atoms with van der Waals surface area (Å²) in [4.78, 5) is 6.48. The van der Waals surface area contributed by atoms with Crippen molar-refractivity contribution in [1.82, 2.24) is 15.2 Å². The van der Waals surface area contributed by atoms with Crippen molar-refractivity contribution in [3.05, 3.63) is 65.2 Å². The highest BCUT2D eigenvalue weighted by molar-refractivity contribution is 5.18. The Morgan fingerprint density at radius 3 is 2.60 bits per heavy atom. The van der Waals surface area contributed by atoms with Crippen molar-refractivity contribution in [3.8, 4) is 0 Å². The highest BCUT2D eigenvalue weighted by Crippen LogP contribution is 2.11. The third-order valence-corrected chi connectivity index (χ3v) is 3.10. The van der Waals surface area contributed by atoms with Crippen LogP contribution in [0.5, 0.6) is 0 Å². The second kappa shape index (κ2) is 7.12. The molecule has 1 aromatic heterocycles. The van der Waals surface area contributed by atoms with Gasteiger partial charge in [0.15, 0.2) is 0 Å². The molecule has 0 unspecified atom stereocenters. The van der Waals surface area contributed by atoms with Crippen LogP contribution in [0.15, 0.2) is 42.6 Å². The zero-order valence-corrected chi connectivity index (χ0v) is 11.9. The smallest absolute Gasteiger partial charge is 0.127 e. The van der Waals surface area contributed by atoms with E-state index in [-0.39, 0.29) is 5.82 Å². The first-order valence-corrected chi connectivity index (χ1v) is 6.69. The van der Waals surface area contributed by atoms with Gasteiger partial charge in [-0.1, -0.05) is 24.3 Å². The van der Waals surface area contributed by atoms with Crippen molar-refractivity contribution in [2.45, 2.75) is 19.6 Å². The van der Waals surface area contributed by atoms with Gasteiger partial charge in [-0.25, -0.2) is 4.39 Å². The zero-order chi connectivity index (χ0) is 14.4. The lowest BCUT2D eigenvalue weighted by atomic mass is 10.2. The minimum absolute atomic E-state index is 0.156. The summed E-state index contributed by atoms with van der Waals surface area (Å²) in [6.07, 6.45) is 1.88. The number of benzene rings is 1. The van der Waals surface area contributed by atoms with Gasteiger partial charge >= 0.3 is 0 Å². The van der Waals surface area contributed by atoms with E-state index in [9.17, 15) is 4.39 Å². The number of hydrogen-bond donors (Lipinski definition) is 1. The highest BCUT2D eigenvalue weighted by atomic mass is 19.1. The molecular weight excluding hydrogens is 253 g/mol. The van der Waals surface area contributed by atoms with Crippen LogP contribution in [0.3, 0.4) is 0 Å². The van der Waals surface area contributed by atoms with Crippen molar-refractivity contribution < 1.29 is 4.39 Å². The topological polar surface area (TPSA) is 28.2 Å². The average Bonchev–Trinajstić information content (AvgIpc) is 2.44. The van der Waals surface area contributed by atoms with E-state index in [0.29, 0.717) is 18.7 Å². The van der Waals surface area contributed by atoms with Gasteiger partial charge < -0.3 is 5.32 Å². The van der Waals surface area contributed by atoms with Gasteiger partial charge in [0.05, 0.1) is 5.69 Å². The Hall–Kier alpha value is -1.78. The number of nitrogens with zero attached hydrogens (tertiary/aromatic N) is 2. The molecule has 0 bridgehead atoms. The molecule has 0 amide bonds. The fourth-order valence-corrected chi connectivity index (χ4v) is 2.11. The summed E-state index contributed by atoms with van der Waals surface area (Å²) in [7, 11) is 3.88. The molecule has 0 atom stereocenters. The largest absolute Gasteiger partial charge is 0.316 e. The lowest BCUT2D eigenvalue weighted by molar-refractivity contribution is 0.309. The number of aromatic nitrogens is 1. The van der Waals surface area contributed by atoms with Crippen LogP contribution in [-0.2, 0) is 19.6 Å². The highest BCUT2D eigenvalue weighted by Gasteiger charge is 2.06. The van der Waals surface area contributed by atoms with Crippen LogP contribution in [0.1, 0.15) is 16.8 Å². The lowest BCUT2D eigenvalue weighted by Crippen LogP contribution is -2.18. The molecule has 20 heavy (non-hydrogen) atoms. The fraction of sp³-hybridized carbons (Fsp3) is 0.312. The summed E-state index contributed by atoms with van der Waals surface area (Å²) in [5.41, 5.74) is 2.86. The number of pyridine rings is 1. The van der Waals surface area contributed by atoms with Gasteiger partial charge in [-0.05, 0) is 31.8 Å². The fourth-order valence-electron chi connectivity index (χ4n) is 2.11. The summed E-state index contributed by atoms with van der Waals surface area (Å²) >= 11 is 0. The maximum atomic E-state index is 13.6. The summed E-state index contributed by atoms with van der Waals surface area (Å²) in [6, 6.07) is 11.0. The average molecular weight is 273 g/mol. The molecule has 0 radical (unpaired) electrons. The van der Waals surface area contributed by atoms with Crippen molar-refractivity contribution in [2.24, 2.45) is 0 Å². The Labute approximate surface area is 119 Å². The predicted octanol–water partition coefficient (Wildman–Crippen LogP) is 2.57. The summed E-state index contributed by atoms with van der Waals surface area (Å²) in [6.45, 7) is 2.10. The number of nitrogens with one attached hydrogen (secondary N) is 1. The molecular formula is C16H20FN3. The second-order valence-corrected chi connectivity index (χ2v) is 4.95. The molecule has 0 saturated carbocycles. The first-order chi connectivity index (χ1) is 9.69. The number of rotatable bonds is 6. The van der Waals surface area contributed by atoms with Crippen LogP contribution in [0.25, 0.3) is 0 Å². The Morgan fingerprint density at radius 1 is 1.15 bits per heavy atom. The summed E-state index contributed by atoms with van der Waals surface area (Å²) in [5, 5.41) is 3.09. The van der Waals surface area contributed by atoms with Crippen molar-refractivity contribution in [2.75, 3.05) is 14.1 Å². The van der Waals surface area contributed by atoms with Gasteiger partial charge in [0, 0.05) is 31.4 Å². The Morgan fingerprint density at radius 2 is 1.95 bits per heavy atom. The molecule has 0 spiro atoms. The summed E-state index contributed by atoms with van der Waals surface area (Å²) < 4.78 is 13.6. The van der Waals surface area contributed by atoms with E-state index >= 15 is 0 Å². The van der Waals surface area contributed by atoms with E-state index in [4.69, 9.17) is 0 Å². The SMILES string of the molecule is CNCc1ccc(CN(C)Cc2ccccc2F)nc1. The molecule has 2 rings (SSSR count). The van der Waals surface area contributed by atoms with Crippen LogP contribution in [0.2, 0.25) is 0 Å². The zero-order valence-electron chi connectivity index (χ0n) is 11.9. The molecule has 1 heterocycles. The van der Waals surface area contributed by atoms with Crippen molar-refractivity contribution in [3.63, 3.8) is 0 Å². The maximum Gasteiger partial charge on any atom is 0.127 e. The van der Waals surface area contributed by atoms with E-state index in [1.165, 1.54) is 6.07 Å². The number of halogens is 1. The minimum atomic E-state index is -0.156. The van der Waals surface area contributed by atoms with E-state index in [1.54, 1.807) is 6.07 Å². The van der Waals surface area contributed by atoms with Gasteiger partial charge in [-0.2, -0.15) is 0 Å². The number of hydrogen-bond acceptors (Lipinski definition) is 3. The van der Waals surface area contributed by atoms with Crippen LogP contribution >= 0.6 is 0 Å². The Kier molecular flexibility index (Phi) is 5.21. The van der Waals surface area contributed by atoms with E-state index in [2.05, 4.69) is 21.3 Å². The third kappa shape index (κ3) is 4.11. The summed E-state index contributed by atoms with van der Waals surface area (Å²) in [5.74, 6) is -0.156. The normalized spacial score (nSPS) is 11.0. The van der Waals surface area contributed by atoms with Gasteiger partial charge in [-0.3, -0.25) is 9.88 Å². The molecule has 0 saturated heterocycles. The van der Waals surface area contributed by atoms with Crippen LogP contribution < -0.4 is 5.32 Å². The lowest BCUT2D eigenvalue weighted by Gasteiger charge is -2.16. The standard InChI is InChI=1S/C16H20FN3/c1-18-9-13-7-8-15(19-10-13)12-20(2)11-14-5-3-4-6-16(14)17/h3-8,10,18H,9,11-12H2,1-2H3. The molecule has 0 aliphatic carbocycles. The molecule has 2 aromatic rings. The van der Waals surface area contributed by atoms with Crippen molar-refractivity contribution >= 4 is 0 Å². The van der Waals surface area contributed by atoms with Gasteiger partial charge in [0.25, 0.3) is 0 Å². The van der Waals surface area contributed by atoms with Gasteiger partial charge in [0.2, 0.25) is 0 Å². The van der Waals surface area contributed by atoms with Crippen LogP contribution in [-0.4, -0.2) is 24.0 Å². The molecule has 0 aliphatic rings. The molecule has 4 heteroatoms. The van der Waals surface area contributed by atoms with E-state index in [0.717, 1.165) is 17.8 Å². The predicted molar refractivity (Wildman–Crippen MR) is 78.6 cm³/mol. The Balaban J connectivity index is 1.94. The first kappa shape index (κ1) is 14.6. The van der Waals surface area contributed by atoms with Crippen LogP contribution in [0, 0.1) is 5.82 Å². The molecule has 3 nitrogen and oxygen atoms in total. The van der Waals surface area contributed by atoms with Gasteiger partial charge in [-0.15, -0.1) is 0 Å². The molecule has 0 aliphatic heterocycles. The van der Waals surface area contributed by atoms with Crippen molar-refractivity contribution in [1.29, 1.82) is 0 Å². The monoisotopic (exact) mass is 273 g/mol. The van der Waals surface area contributed by atoms with E-state index < -0.39 is 0 Å². The quantitative estimate of drug-likeness (QED) is 0.877. The Bertz CT molecular complexity index is 540. The first-order valence-electron chi connectivity index (χ1n) is 6.69. The molecule has 0 fully saturated rings. The van der Waals surface area contributed by atoms with E-state index in [1.807, 2.05) is 38.5 Å². The van der Waals surface area contributed by atoms with Crippen LogP contribution in [0.4, 0.5) is 4.39 Å². The van der Waals surface area contributed by atoms with Gasteiger partial charge in [0.1, 0.15) is 5.82 Å². The molecule has 1 aromatic carbocycles. The molecule has 106 valence electrons. The molecule has 1 N–H and O–H groups in total. The third-order valence-electron chi connectivity index (χ3n) is 3.10. The second-order valence-electron chi connectivity index (χ2n) is 4.95.